The molecule has 0 bridgehead atoms. The van der Waals surface area contributed by atoms with E-state index in [9.17, 15) is 0 Å². The van der Waals surface area contributed by atoms with Crippen molar-refractivity contribution >= 4 is 5.82 Å². The van der Waals surface area contributed by atoms with Crippen molar-refractivity contribution in [1.82, 2.24) is 4.98 Å². The second-order valence-corrected chi connectivity index (χ2v) is 3.62. The van der Waals surface area contributed by atoms with E-state index in [4.69, 9.17) is 5.26 Å². The van der Waals surface area contributed by atoms with Crippen LogP contribution in [-0.2, 0) is 0 Å². The van der Waals surface area contributed by atoms with E-state index in [1.807, 2.05) is 11.9 Å². The minimum absolute atomic E-state index is 0.650. The molecule has 1 rings (SSSR count). The second-order valence-electron chi connectivity index (χ2n) is 3.62. The number of nitriles is 1. The maximum absolute atomic E-state index is 8.92. The van der Waals surface area contributed by atoms with Crippen LogP contribution >= 0.6 is 0 Å². The van der Waals surface area contributed by atoms with Crippen molar-refractivity contribution < 1.29 is 0 Å². The zero-order chi connectivity index (χ0) is 11.1. The molecule has 0 atom stereocenters. The first kappa shape index (κ1) is 11.5. The molecule has 0 saturated carbocycles. The molecular formula is C12H17N3. The maximum atomic E-state index is 8.92. The Morgan fingerprint density at radius 2 is 2.27 bits per heavy atom. The quantitative estimate of drug-likeness (QED) is 0.690. The summed E-state index contributed by atoms with van der Waals surface area (Å²) in [6.07, 6.45) is 5.31. The highest BCUT2D eigenvalue weighted by Crippen LogP contribution is 2.14. The van der Waals surface area contributed by atoms with Gasteiger partial charge in [0.2, 0.25) is 0 Å². The van der Waals surface area contributed by atoms with E-state index in [0.717, 1.165) is 18.8 Å². The van der Waals surface area contributed by atoms with Gasteiger partial charge in [-0.2, -0.15) is 5.26 Å². The number of aromatic nitrogens is 1. The van der Waals surface area contributed by atoms with Crippen LogP contribution in [0.3, 0.4) is 0 Å². The van der Waals surface area contributed by atoms with Gasteiger partial charge < -0.3 is 4.90 Å². The summed E-state index contributed by atoms with van der Waals surface area (Å²) in [6.45, 7) is 3.14. The summed E-state index contributed by atoms with van der Waals surface area (Å²) in [5, 5.41) is 8.92. The fraction of sp³-hybridized carbons (Fsp3) is 0.500. The largest absolute Gasteiger partial charge is 0.359 e. The number of nitrogens with zero attached hydrogens (tertiary/aromatic N) is 3. The molecule has 0 aromatic carbocycles. The maximum Gasteiger partial charge on any atom is 0.146 e. The lowest BCUT2D eigenvalue weighted by Gasteiger charge is -2.18. The lowest BCUT2D eigenvalue weighted by Crippen LogP contribution is -2.20. The molecule has 1 aromatic rings. The summed E-state index contributed by atoms with van der Waals surface area (Å²) in [4.78, 5) is 6.28. The highest BCUT2D eigenvalue weighted by molar-refractivity contribution is 5.52. The third-order valence-electron chi connectivity index (χ3n) is 2.37. The van der Waals surface area contributed by atoms with Crippen molar-refractivity contribution in [3.05, 3.63) is 23.9 Å². The van der Waals surface area contributed by atoms with Crippen LogP contribution in [-0.4, -0.2) is 18.6 Å². The summed E-state index contributed by atoms with van der Waals surface area (Å²) >= 11 is 0. The van der Waals surface area contributed by atoms with Gasteiger partial charge in [0.05, 0.1) is 5.56 Å². The van der Waals surface area contributed by atoms with Crippen LogP contribution in [0.2, 0.25) is 0 Å². The molecule has 1 heterocycles. The van der Waals surface area contributed by atoms with Crippen molar-refractivity contribution in [1.29, 1.82) is 5.26 Å². The summed E-state index contributed by atoms with van der Waals surface area (Å²) in [7, 11) is 1.98. The highest BCUT2D eigenvalue weighted by Gasteiger charge is 2.06. The van der Waals surface area contributed by atoms with E-state index in [-0.39, 0.29) is 0 Å². The number of unbranched alkanes of at least 4 members (excludes halogenated alkanes) is 2. The Kier molecular flexibility index (Phi) is 4.62. The van der Waals surface area contributed by atoms with Crippen LogP contribution in [0.25, 0.3) is 0 Å². The standard InChI is InChI=1S/C12H17N3/c1-3-4-5-9-15(2)12-11(10-13)7-6-8-14-12/h6-8H,3-5,9H2,1-2H3. The normalized spacial score (nSPS) is 9.67. The lowest BCUT2D eigenvalue weighted by atomic mass is 10.2. The molecule has 0 aliphatic carbocycles. The van der Waals surface area contributed by atoms with E-state index in [1.54, 1.807) is 18.3 Å². The number of anilines is 1. The smallest absolute Gasteiger partial charge is 0.146 e. The van der Waals surface area contributed by atoms with Crippen LogP contribution in [0.1, 0.15) is 31.7 Å². The van der Waals surface area contributed by atoms with Crippen LogP contribution in [0.4, 0.5) is 5.82 Å². The first-order chi connectivity index (χ1) is 7.29. The Labute approximate surface area is 91.4 Å². The molecule has 0 amide bonds. The molecule has 1 aromatic heterocycles. The number of hydrogen-bond donors (Lipinski definition) is 0. The minimum atomic E-state index is 0.650. The van der Waals surface area contributed by atoms with E-state index in [2.05, 4.69) is 18.0 Å². The summed E-state index contributed by atoms with van der Waals surface area (Å²) in [6, 6.07) is 5.76. The van der Waals surface area contributed by atoms with Crippen LogP contribution < -0.4 is 4.90 Å². The first-order valence-corrected chi connectivity index (χ1v) is 5.35. The van der Waals surface area contributed by atoms with Gasteiger partial charge in [0.15, 0.2) is 0 Å². The van der Waals surface area contributed by atoms with Crippen molar-refractivity contribution in [3.63, 3.8) is 0 Å². The fourth-order valence-corrected chi connectivity index (χ4v) is 1.49. The third kappa shape index (κ3) is 3.25. The lowest BCUT2D eigenvalue weighted by molar-refractivity contribution is 0.701. The average Bonchev–Trinajstić information content (AvgIpc) is 2.29. The summed E-state index contributed by atoms with van der Waals surface area (Å²) in [5.74, 6) is 0.788. The van der Waals surface area contributed by atoms with Gasteiger partial charge >= 0.3 is 0 Å². The zero-order valence-electron chi connectivity index (χ0n) is 9.40. The molecule has 0 aliphatic heterocycles. The van der Waals surface area contributed by atoms with E-state index < -0.39 is 0 Å². The number of hydrogen-bond acceptors (Lipinski definition) is 3. The van der Waals surface area contributed by atoms with Gasteiger partial charge in [-0.1, -0.05) is 19.8 Å². The van der Waals surface area contributed by atoms with Crippen molar-refractivity contribution in [2.45, 2.75) is 26.2 Å². The van der Waals surface area contributed by atoms with E-state index in [0.29, 0.717) is 5.56 Å². The molecule has 3 nitrogen and oxygen atoms in total. The van der Waals surface area contributed by atoms with Crippen molar-refractivity contribution in [2.75, 3.05) is 18.5 Å². The fourth-order valence-electron chi connectivity index (χ4n) is 1.49. The SMILES string of the molecule is CCCCCN(C)c1ncccc1C#N. The third-order valence-corrected chi connectivity index (χ3v) is 2.37. The van der Waals surface area contributed by atoms with Gasteiger partial charge in [-0.3, -0.25) is 0 Å². The van der Waals surface area contributed by atoms with E-state index in [1.165, 1.54) is 12.8 Å². The molecule has 0 spiro atoms. The second kappa shape index (κ2) is 6.02. The molecule has 15 heavy (non-hydrogen) atoms. The van der Waals surface area contributed by atoms with Gasteiger partial charge in [-0.25, -0.2) is 4.98 Å². The molecule has 0 unspecified atom stereocenters. The predicted octanol–water partition coefficient (Wildman–Crippen LogP) is 2.58. The highest BCUT2D eigenvalue weighted by atomic mass is 15.2. The topological polar surface area (TPSA) is 39.9 Å². The van der Waals surface area contributed by atoms with E-state index >= 15 is 0 Å². The van der Waals surface area contributed by atoms with Gasteiger partial charge in [-0.15, -0.1) is 0 Å². The number of rotatable bonds is 5. The molecule has 0 aliphatic rings. The summed E-state index contributed by atoms with van der Waals surface area (Å²) < 4.78 is 0. The Bertz CT molecular complexity index is 341. The average molecular weight is 203 g/mol. The van der Waals surface area contributed by atoms with Gasteiger partial charge in [0.25, 0.3) is 0 Å². The van der Waals surface area contributed by atoms with Crippen LogP contribution in [0, 0.1) is 11.3 Å². The van der Waals surface area contributed by atoms with Crippen LogP contribution in [0.15, 0.2) is 18.3 Å². The van der Waals surface area contributed by atoms with Crippen molar-refractivity contribution in [2.24, 2.45) is 0 Å². The van der Waals surface area contributed by atoms with Crippen molar-refractivity contribution in [3.8, 4) is 6.07 Å². The molecular weight excluding hydrogens is 186 g/mol. The molecule has 0 radical (unpaired) electrons. The minimum Gasteiger partial charge on any atom is -0.359 e. The Balaban J connectivity index is 2.65. The Hall–Kier alpha value is -1.56. The zero-order valence-corrected chi connectivity index (χ0v) is 9.40. The molecule has 0 fully saturated rings. The first-order valence-electron chi connectivity index (χ1n) is 5.35. The molecule has 80 valence electrons. The van der Waals surface area contributed by atoms with Crippen LogP contribution in [0.5, 0.6) is 0 Å². The monoisotopic (exact) mass is 203 g/mol. The number of pyridine rings is 1. The summed E-state index contributed by atoms with van der Waals surface area (Å²) in [5.41, 5.74) is 0.650. The molecule has 0 saturated heterocycles. The van der Waals surface area contributed by atoms with Gasteiger partial charge in [-0.05, 0) is 18.6 Å². The molecule has 0 N–H and O–H groups in total. The van der Waals surface area contributed by atoms with Gasteiger partial charge in [0, 0.05) is 19.8 Å². The Morgan fingerprint density at radius 3 is 2.93 bits per heavy atom. The molecule has 3 heteroatoms. The predicted molar refractivity (Wildman–Crippen MR) is 61.7 cm³/mol. The Morgan fingerprint density at radius 1 is 1.47 bits per heavy atom. The van der Waals surface area contributed by atoms with Gasteiger partial charge in [0.1, 0.15) is 11.9 Å².